The smallest absolute Gasteiger partial charge is 0.0438 e. The summed E-state index contributed by atoms with van der Waals surface area (Å²) in [5.74, 6) is 2.45. The van der Waals surface area contributed by atoms with Gasteiger partial charge in [0.2, 0.25) is 0 Å². The van der Waals surface area contributed by atoms with Gasteiger partial charge in [0.15, 0.2) is 0 Å². The molecular formula is C16H24ClN. The SMILES string of the molecule is CNCC1CCC(C)CC1Cc1ccccc1Cl. The normalized spacial score (nSPS) is 28.3. The largest absolute Gasteiger partial charge is 0.319 e. The van der Waals surface area contributed by atoms with E-state index in [1.54, 1.807) is 0 Å². The monoisotopic (exact) mass is 265 g/mol. The van der Waals surface area contributed by atoms with E-state index in [0.717, 1.165) is 35.7 Å². The van der Waals surface area contributed by atoms with Crippen molar-refractivity contribution < 1.29 is 0 Å². The molecule has 1 nitrogen and oxygen atoms in total. The van der Waals surface area contributed by atoms with Crippen molar-refractivity contribution in [1.82, 2.24) is 5.32 Å². The molecule has 1 aromatic carbocycles. The minimum absolute atomic E-state index is 0.779. The average Bonchev–Trinajstić information content (AvgIpc) is 2.36. The lowest BCUT2D eigenvalue weighted by molar-refractivity contribution is 0.186. The van der Waals surface area contributed by atoms with Crippen LogP contribution in [0.3, 0.4) is 0 Å². The Bertz CT molecular complexity index is 377. The molecule has 100 valence electrons. The van der Waals surface area contributed by atoms with Crippen LogP contribution in [0, 0.1) is 17.8 Å². The predicted molar refractivity (Wildman–Crippen MR) is 79.1 cm³/mol. The third-order valence-corrected chi connectivity index (χ3v) is 4.68. The molecule has 2 heteroatoms. The average molecular weight is 266 g/mol. The summed E-state index contributed by atoms with van der Waals surface area (Å²) in [5.41, 5.74) is 1.32. The highest BCUT2D eigenvalue weighted by atomic mass is 35.5. The number of nitrogens with one attached hydrogen (secondary N) is 1. The number of hydrogen-bond donors (Lipinski definition) is 1. The third kappa shape index (κ3) is 3.49. The Hall–Kier alpha value is -0.530. The molecule has 0 amide bonds. The second kappa shape index (κ2) is 6.58. The highest BCUT2D eigenvalue weighted by Crippen LogP contribution is 2.36. The molecule has 0 aliphatic heterocycles. The van der Waals surface area contributed by atoms with Gasteiger partial charge >= 0.3 is 0 Å². The Labute approximate surface area is 116 Å². The Morgan fingerprint density at radius 1 is 1.22 bits per heavy atom. The molecule has 1 N–H and O–H groups in total. The van der Waals surface area contributed by atoms with Gasteiger partial charge in [-0.2, -0.15) is 0 Å². The third-order valence-electron chi connectivity index (χ3n) is 4.31. The van der Waals surface area contributed by atoms with Crippen LogP contribution < -0.4 is 5.32 Å². The van der Waals surface area contributed by atoms with Gasteiger partial charge < -0.3 is 5.32 Å². The molecule has 1 aliphatic rings. The van der Waals surface area contributed by atoms with Crippen LogP contribution in [0.2, 0.25) is 5.02 Å². The molecular weight excluding hydrogens is 242 g/mol. The molecule has 1 aromatic rings. The number of benzene rings is 1. The molecule has 1 aliphatic carbocycles. The maximum Gasteiger partial charge on any atom is 0.0438 e. The van der Waals surface area contributed by atoms with Gasteiger partial charge in [0.25, 0.3) is 0 Å². The summed E-state index contributed by atoms with van der Waals surface area (Å²) in [6.45, 7) is 3.52. The van der Waals surface area contributed by atoms with Gasteiger partial charge in [0, 0.05) is 5.02 Å². The molecule has 0 spiro atoms. The van der Waals surface area contributed by atoms with Gasteiger partial charge in [-0.3, -0.25) is 0 Å². The lowest BCUT2D eigenvalue weighted by atomic mass is 9.72. The topological polar surface area (TPSA) is 12.0 Å². The van der Waals surface area contributed by atoms with Crippen molar-refractivity contribution in [1.29, 1.82) is 0 Å². The Morgan fingerprint density at radius 3 is 2.72 bits per heavy atom. The van der Waals surface area contributed by atoms with Crippen LogP contribution in [0.4, 0.5) is 0 Å². The molecule has 18 heavy (non-hydrogen) atoms. The molecule has 1 saturated carbocycles. The predicted octanol–water partition coefficient (Wildman–Crippen LogP) is 4.15. The van der Waals surface area contributed by atoms with Gasteiger partial charge in [0.1, 0.15) is 0 Å². The van der Waals surface area contributed by atoms with Gasteiger partial charge in [-0.25, -0.2) is 0 Å². The van der Waals surface area contributed by atoms with E-state index in [0.29, 0.717) is 0 Å². The molecule has 2 rings (SSSR count). The van der Waals surface area contributed by atoms with Crippen molar-refractivity contribution in [2.24, 2.45) is 17.8 Å². The summed E-state index contributed by atoms with van der Waals surface area (Å²) in [6.07, 6.45) is 5.22. The highest BCUT2D eigenvalue weighted by molar-refractivity contribution is 6.31. The van der Waals surface area contributed by atoms with Crippen LogP contribution in [0.1, 0.15) is 31.7 Å². The summed E-state index contributed by atoms with van der Waals surface area (Å²) in [6, 6.07) is 8.30. The summed E-state index contributed by atoms with van der Waals surface area (Å²) >= 11 is 6.29. The Balaban J connectivity index is 2.06. The van der Waals surface area contributed by atoms with Crippen molar-refractivity contribution in [3.8, 4) is 0 Å². The number of rotatable bonds is 4. The zero-order valence-electron chi connectivity index (χ0n) is 11.5. The molecule has 0 saturated heterocycles. The highest BCUT2D eigenvalue weighted by Gasteiger charge is 2.28. The Morgan fingerprint density at radius 2 is 2.00 bits per heavy atom. The number of hydrogen-bond acceptors (Lipinski definition) is 1. The van der Waals surface area contributed by atoms with Crippen molar-refractivity contribution in [2.75, 3.05) is 13.6 Å². The van der Waals surface area contributed by atoms with Crippen LogP contribution in [0.5, 0.6) is 0 Å². The minimum Gasteiger partial charge on any atom is -0.319 e. The fraction of sp³-hybridized carbons (Fsp3) is 0.625. The molecule has 1 fully saturated rings. The van der Waals surface area contributed by atoms with Crippen molar-refractivity contribution in [3.63, 3.8) is 0 Å². The van der Waals surface area contributed by atoms with Crippen molar-refractivity contribution >= 4 is 11.6 Å². The first kappa shape index (κ1) is 13.9. The van der Waals surface area contributed by atoms with E-state index in [1.807, 2.05) is 12.1 Å². The van der Waals surface area contributed by atoms with Crippen LogP contribution in [0.15, 0.2) is 24.3 Å². The Kier molecular flexibility index (Phi) is 5.08. The molecule has 0 bridgehead atoms. The molecule has 0 aromatic heterocycles. The molecule has 0 radical (unpaired) electrons. The van der Waals surface area contributed by atoms with Crippen LogP contribution in [-0.2, 0) is 6.42 Å². The van der Waals surface area contributed by atoms with Crippen LogP contribution in [-0.4, -0.2) is 13.6 Å². The fourth-order valence-electron chi connectivity index (χ4n) is 3.29. The number of halogens is 1. The van der Waals surface area contributed by atoms with Crippen LogP contribution in [0.25, 0.3) is 0 Å². The second-order valence-electron chi connectivity index (χ2n) is 5.79. The first-order valence-corrected chi connectivity index (χ1v) is 7.46. The summed E-state index contributed by atoms with van der Waals surface area (Å²) in [4.78, 5) is 0. The first-order chi connectivity index (χ1) is 8.70. The minimum atomic E-state index is 0.779. The van der Waals surface area contributed by atoms with E-state index in [9.17, 15) is 0 Å². The molecule has 3 unspecified atom stereocenters. The van der Waals surface area contributed by atoms with Crippen LogP contribution >= 0.6 is 11.6 Å². The zero-order valence-corrected chi connectivity index (χ0v) is 12.2. The quantitative estimate of drug-likeness (QED) is 0.862. The van der Waals surface area contributed by atoms with E-state index < -0.39 is 0 Å². The van der Waals surface area contributed by atoms with Gasteiger partial charge in [0.05, 0.1) is 0 Å². The van der Waals surface area contributed by atoms with E-state index in [2.05, 4.69) is 31.4 Å². The second-order valence-corrected chi connectivity index (χ2v) is 6.20. The maximum absolute atomic E-state index is 6.29. The maximum atomic E-state index is 6.29. The van der Waals surface area contributed by atoms with E-state index in [-0.39, 0.29) is 0 Å². The zero-order chi connectivity index (χ0) is 13.0. The summed E-state index contributed by atoms with van der Waals surface area (Å²) in [7, 11) is 2.06. The van der Waals surface area contributed by atoms with Crippen molar-refractivity contribution in [2.45, 2.75) is 32.6 Å². The molecule has 3 atom stereocenters. The van der Waals surface area contributed by atoms with E-state index in [4.69, 9.17) is 11.6 Å². The van der Waals surface area contributed by atoms with Crippen molar-refractivity contribution in [3.05, 3.63) is 34.9 Å². The fourth-order valence-corrected chi connectivity index (χ4v) is 3.50. The van der Waals surface area contributed by atoms with Gasteiger partial charge in [-0.05, 0) is 62.2 Å². The standard InChI is InChI=1S/C16H24ClN/c1-12-7-8-14(11-18-2)15(9-12)10-13-5-3-4-6-16(13)17/h3-6,12,14-15,18H,7-11H2,1-2H3. The summed E-state index contributed by atoms with van der Waals surface area (Å²) < 4.78 is 0. The van der Waals surface area contributed by atoms with Gasteiger partial charge in [-0.15, -0.1) is 0 Å². The first-order valence-electron chi connectivity index (χ1n) is 7.08. The lowest BCUT2D eigenvalue weighted by Gasteiger charge is -2.35. The lowest BCUT2D eigenvalue weighted by Crippen LogP contribution is -2.32. The van der Waals surface area contributed by atoms with E-state index >= 15 is 0 Å². The summed E-state index contributed by atoms with van der Waals surface area (Å²) in [5, 5.41) is 4.28. The molecule has 0 heterocycles. The van der Waals surface area contributed by atoms with E-state index in [1.165, 1.54) is 24.8 Å². The van der Waals surface area contributed by atoms with Gasteiger partial charge in [-0.1, -0.05) is 43.1 Å².